The zero-order valence-corrected chi connectivity index (χ0v) is 11.9. The van der Waals surface area contributed by atoms with Gasteiger partial charge in [0.2, 0.25) is 0 Å². The van der Waals surface area contributed by atoms with E-state index in [9.17, 15) is 9.59 Å². The summed E-state index contributed by atoms with van der Waals surface area (Å²) < 4.78 is 0. The molecule has 0 heterocycles. The number of nitrogens with two attached hydrogens (primary N) is 2. The molecule has 0 atom stereocenters. The molecule has 0 aromatic heterocycles. The van der Waals surface area contributed by atoms with E-state index < -0.39 is 11.9 Å². The summed E-state index contributed by atoms with van der Waals surface area (Å²) in [6.45, 7) is 4.21. The van der Waals surface area contributed by atoms with Crippen LogP contribution in [0.4, 0.5) is 0 Å². The Hall–Kier alpha value is -1.92. The van der Waals surface area contributed by atoms with Gasteiger partial charge in [-0.1, -0.05) is 35.4 Å². The summed E-state index contributed by atoms with van der Waals surface area (Å²) in [4.78, 5) is 28.7. The molecule has 20 heavy (non-hydrogen) atoms. The van der Waals surface area contributed by atoms with Crippen LogP contribution in [0.5, 0.6) is 0 Å². The third kappa shape index (κ3) is 10.0. The van der Waals surface area contributed by atoms with Crippen LogP contribution in [-0.2, 0) is 19.3 Å². The fraction of sp³-hybridized carbons (Fsp3) is 0.429. The van der Waals surface area contributed by atoms with Crippen LogP contribution in [0.3, 0.4) is 0 Å². The summed E-state index contributed by atoms with van der Waals surface area (Å²) >= 11 is 0. The highest BCUT2D eigenvalue weighted by atomic mass is 16.7. The fourth-order valence-electron chi connectivity index (χ4n) is 1.46. The van der Waals surface area contributed by atoms with Crippen molar-refractivity contribution in [1.82, 2.24) is 0 Å². The van der Waals surface area contributed by atoms with Gasteiger partial charge in [0.1, 0.15) is 0 Å². The van der Waals surface area contributed by atoms with Gasteiger partial charge < -0.3 is 9.68 Å². The topological polar surface area (TPSA) is 105 Å². The van der Waals surface area contributed by atoms with Gasteiger partial charge in [0.15, 0.2) is 0 Å². The maximum absolute atomic E-state index is 10.4. The van der Waals surface area contributed by atoms with Crippen LogP contribution >= 0.6 is 0 Å². The molecule has 0 aliphatic carbocycles. The van der Waals surface area contributed by atoms with Crippen LogP contribution in [0.1, 0.15) is 36.8 Å². The standard InChI is InChI=1S/C8H10.C6H12N2O4/c1-7-4-3-5-8(2)6-7;7-11-5(9)3-1-2-4-6(10)12-8/h3-6H,1-2H3;1-4,7-8H2. The minimum Gasteiger partial charge on any atom is -0.373 e. The van der Waals surface area contributed by atoms with Gasteiger partial charge in [-0.25, -0.2) is 0 Å². The first-order valence-electron chi connectivity index (χ1n) is 6.32. The first-order chi connectivity index (χ1) is 9.49. The average Bonchev–Trinajstić information content (AvgIpc) is 2.43. The molecule has 112 valence electrons. The normalized spacial score (nSPS) is 9.20. The first-order valence-corrected chi connectivity index (χ1v) is 6.32. The van der Waals surface area contributed by atoms with Crippen LogP contribution in [-0.4, -0.2) is 11.9 Å². The summed E-state index contributed by atoms with van der Waals surface area (Å²) in [6, 6.07) is 8.45. The Balaban J connectivity index is 0.000000388. The smallest absolute Gasteiger partial charge is 0.324 e. The lowest BCUT2D eigenvalue weighted by atomic mass is 10.2. The van der Waals surface area contributed by atoms with E-state index in [4.69, 9.17) is 0 Å². The largest absolute Gasteiger partial charge is 0.373 e. The molecule has 1 rings (SSSR count). The fourth-order valence-corrected chi connectivity index (χ4v) is 1.46. The van der Waals surface area contributed by atoms with Crippen molar-refractivity contribution in [1.29, 1.82) is 0 Å². The third-order valence-electron chi connectivity index (χ3n) is 2.45. The van der Waals surface area contributed by atoms with Crippen molar-refractivity contribution >= 4 is 11.9 Å². The second kappa shape index (κ2) is 11.0. The molecule has 6 heteroatoms. The Morgan fingerprint density at radius 3 is 1.60 bits per heavy atom. The van der Waals surface area contributed by atoms with Crippen molar-refractivity contribution in [2.24, 2.45) is 11.8 Å². The highest BCUT2D eigenvalue weighted by Crippen LogP contribution is 2.01. The zero-order valence-electron chi connectivity index (χ0n) is 11.9. The molecule has 1 aromatic rings. The highest BCUT2D eigenvalue weighted by Gasteiger charge is 2.03. The monoisotopic (exact) mass is 282 g/mol. The van der Waals surface area contributed by atoms with E-state index in [0.29, 0.717) is 12.8 Å². The van der Waals surface area contributed by atoms with Crippen molar-refractivity contribution < 1.29 is 19.3 Å². The predicted molar refractivity (Wildman–Crippen MR) is 74.9 cm³/mol. The third-order valence-corrected chi connectivity index (χ3v) is 2.45. The molecule has 0 bridgehead atoms. The quantitative estimate of drug-likeness (QED) is 0.629. The van der Waals surface area contributed by atoms with Crippen LogP contribution in [0.2, 0.25) is 0 Å². The number of aryl methyl sites for hydroxylation is 2. The minimum atomic E-state index is -0.490. The lowest BCUT2D eigenvalue weighted by molar-refractivity contribution is -0.146. The van der Waals surface area contributed by atoms with Crippen molar-refractivity contribution in [3.8, 4) is 0 Å². The molecule has 1 aromatic carbocycles. The molecule has 0 saturated heterocycles. The Labute approximate surface area is 118 Å². The van der Waals surface area contributed by atoms with Crippen LogP contribution in [0, 0.1) is 13.8 Å². The Morgan fingerprint density at radius 2 is 1.35 bits per heavy atom. The van der Waals surface area contributed by atoms with Gasteiger partial charge in [0, 0.05) is 12.8 Å². The van der Waals surface area contributed by atoms with E-state index in [-0.39, 0.29) is 12.8 Å². The van der Waals surface area contributed by atoms with E-state index in [1.54, 1.807) is 0 Å². The molecule has 0 fully saturated rings. The molecule has 0 saturated carbocycles. The summed E-state index contributed by atoms with van der Waals surface area (Å²) in [6.07, 6.45) is 1.47. The molecular formula is C14H22N2O4. The van der Waals surface area contributed by atoms with Crippen LogP contribution < -0.4 is 11.8 Å². The highest BCUT2D eigenvalue weighted by molar-refractivity contribution is 5.70. The first kappa shape index (κ1) is 18.1. The lowest BCUT2D eigenvalue weighted by Crippen LogP contribution is -2.11. The maximum atomic E-state index is 10.4. The number of benzene rings is 1. The predicted octanol–water partition coefficient (Wildman–Crippen LogP) is 1.68. The van der Waals surface area contributed by atoms with Crippen molar-refractivity contribution in [2.45, 2.75) is 39.5 Å². The number of unbranched alkanes of at least 4 members (excludes halogenated alkanes) is 1. The van der Waals surface area contributed by atoms with Gasteiger partial charge in [-0.05, 0) is 26.7 Å². The SMILES string of the molecule is Cc1cccc(C)c1.NOC(=O)CCCCC(=O)ON. The molecule has 6 nitrogen and oxygen atoms in total. The van der Waals surface area contributed by atoms with Gasteiger partial charge in [0.05, 0.1) is 0 Å². The van der Waals surface area contributed by atoms with Gasteiger partial charge in [-0.3, -0.25) is 9.59 Å². The number of hydrogen-bond donors (Lipinski definition) is 2. The molecule has 4 N–H and O–H groups in total. The summed E-state index contributed by atoms with van der Waals surface area (Å²) in [5.41, 5.74) is 2.68. The Kier molecular flexibility index (Phi) is 9.90. The summed E-state index contributed by atoms with van der Waals surface area (Å²) in [7, 11) is 0. The Morgan fingerprint density at radius 1 is 0.950 bits per heavy atom. The molecular weight excluding hydrogens is 260 g/mol. The van der Waals surface area contributed by atoms with Crippen LogP contribution in [0.25, 0.3) is 0 Å². The molecule has 0 amide bonds. The van der Waals surface area contributed by atoms with E-state index in [2.05, 4.69) is 59.6 Å². The number of rotatable bonds is 5. The average molecular weight is 282 g/mol. The van der Waals surface area contributed by atoms with Crippen molar-refractivity contribution in [2.75, 3.05) is 0 Å². The number of carbonyl (C=O) groups excluding carboxylic acids is 2. The van der Waals surface area contributed by atoms with Crippen molar-refractivity contribution in [3.05, 3.63) is 35.4 Å². The van der Waals surface area contributed by atoms with Crippen molar-refractivity contribution in [3.63, 3.8) is 0 Å². The van der Waals surface area contributed by atoms with E-state index >= 15 is 0 Å². The van der Waals surface area contributed by atoms with Gasteiger partial charge in [-0.2, -0.15) is 11.8 Å². The second-order valence-electron chi connectivity index (χ2n) is 4.34. The van der Waals surface area contributed by atoms with E-state index in [1.165, 1.54) is 11.1 Å². The second-order valence-corrected chi connectivity index (χ2v) is 4.34. The summed E-state index contributed by atoms with van der Waals surface area (Å²) in [5, 5.41) is 0. The zero-order chi connectivity index (χ0) is 15.4. The molecule has 0 unspecified atom stereocenters. The number of hydrogen-bond acceptors (Lipinski definition) is 6. The molecule has 0 aliphatic heterocycles. The Bertz CT molecular complexity index is 386. The summed E-state index contributed by atoms with van der Waals surface area (Å²) in [5.74, 6) is 8.18. The van der Waals surface area contributed by atoms with Gasteiger partial charge in [0.25, 0.3) is 0 Å². The maximum Gasteiger partial charge on any atom is 0.324 e. The van der Waals surface area contributed by atoms with E-state index in [1.807, 2.05) is 0 Å². The molecule has 0 radical (unpaired) electrons. The minimum absolute atomic E-state index is 0.203. The lowest BCUT2D eigenvalue weighted by Gasteiger charge is -1.97. The molecule has 0 spiro atoms. The molecule has 0 aliphatic rings. The van der Waals surface area contributed by atoms with Gasteiger partial charge >= 0.3 is 11.9 Å². The van der Waals surface area contributed by atoms with Gasteiger partial charge in [-0.15, -0.1) is 0 Å². The van der Waals surface area contributed by atoms with Crippen LogP contribution in [0.15, 0.2) is 24.3 Å². The number of carbonyl (C=O) groups is 2. The van der Waals surface area contributed by atoms with E-state index in [0.717, 1.165) is 0 Å².